The average Bonchev–Trinajstić information content (AvgIpc) is 3.31. The maximum atomic E-state index is 12.2. The van der Waals surface area contributed by atoms with Crippen LogP contribution in [0, 0.1) is 0 Å². The summed E-state index contributed by atoms with van der Waals surface area (Å²) in [6.07, 6.45) is 2.22. The van der Waals surface area contributed by atoms with E-state index in [1.807, 2.05) is 28.8 Å². The van der Waals surface area contributed by atoms with Gasteiger partial charge in [-0.05, 0) is 25.0 Å². The lowest BCUT2D eigenvalue weighted by molar-refractivity contribution is -0.121. The molecule has 6 nitrogen and oxygen atoms in total. The number of amides is 1. The first-order valence-electron chi connectivity index (χ1n) is 7.92. The monoisotopic (exact) mass is 335 g/mol. The summed E-state index contributed by atoms with van der Waals surface area (Å²) in [6.45, 7) is 1.94. The molecule has 0 atom stereocenters. The van der Waals surface area contributed by atoms with Gasteiger partial charge >= 0.3 is 0 Å². The molecule has 0 saturated heterocycles. The molecule has 0 bridgehead atoms. The molecule has 1 heterocycles. The van der Waals surface area contributed by atoms with Crippen LogP contribution in [-0.2, 0) is 21.2 Å². The van der Waals surface area contributed by atoms with Gasteiger partial charge in [-0.3, -0.25) is 4.79 Å². The van der Waals surface area contributed by atoms with E-state index in [0.717, 1.165) is 29.7 Å². The van der Waals surface area contributed by atoms with E-state index in [9.17, 15) is 13.2 Å². The molecule has 3 rings (SSSR count). The van der Waals surface area contributed by atoms with Crippen molar-refractivity contribution in [2.75, 3.05) is 18.1 Å². The molecular weight excluding hydrogens is 314 g/mol. The lowest BCUT2D eigenvalue weighted by Gasteiger charge is -2.09. The maximum absolute atomic E-state index is 12.2. The minimum Gasteiger partial charge on any atom is -0.354 e. The summed E-state index contributed by atoms with van der Waals surface area (Å²) in [4.78, 5) is 16.8. The number of nitrogens with zero attached hydrogens (tertiary/aromatic N) is 2. The van der Waals surface area contributed by atoms with Crippen LogP contribution in [0.15, 0.2) is 24.3 Å². The summed E-state index contributed by atoms with van der Waals surface area (Å²) >= 11 is 0. The van der Waals surface area contributed by atoms with Gasteiger partial charge in [0.05, 0.1) is 16.8 Å². The number of sulfone groups is 1. The van der Waals surface area contributed by atoms with E-state index in [0.29, 0.717) is 5.92 Å². The second-order valence-corrected chi connectivity index (χ2v) is 8.38. The summed E-state index contributed by atoms with van der Waals surface area (Å²) in [7, 11) is -3.06. The van der Waals surface area contributed by atoms with Gasteiger partial charge < -0.3 is 9.88 Å². The highest BCUT2D eigenvalue weighted by atomic mass is 32.2. The number of hydrogen-bond acceptors (Lipinski definition) is 4. The zero-order chi connectivity index (χ0) is 16.4. The number of rotatable bonds is 7. The highest BCUT2D eigenvalue weighted by molar-refractivity contribution is 7.91. The smallest absolute Gasteiger partial charge is 0.240 e. The van der Waals surface area contributed by atoms with Crippen molar-refractivity contribution >= 4 is 26.8 Å². The summed E-state index contributed by atoms with van der Waals surface area (Å²) in [6, 6.07) is 7.78. The molecule has 1 amide bonds. The minimum atomic E-state index is -3.06. The SMILES string of the molecule is CCS(=O)(=O)CCNC(=O)Cn1c(C2CC2)nc2ccccc21. The van der Waals surface area contributed by atoms with E-state index in [4.69, 9.17) is 0 Å². The number of carbonyl (C=O) groups excluding carboxylic acids is 1. The van der Waals surface area contributed by atoms with Gasteiger partial charge in [-0.25, -0.2) is 13.4 Å². The Bertz CT molecular complexity index is 822. The lowest BCUT2D eigenvalue weighted by Crippen LogP contribution is -2.32. The van der Waals surface area contributed by atoms with Crippen molar-refractivity contribution in [2.24, 2.45) is 0 Å². The van der Waals surface area contributed by atoms with Crippen molar-refractivity contribution in [1.82, 2.24) is 14.9 Å². The molecule has 1 saturated carbocycles. The molecule has 0 radical (unpaired) electrons. The fourth-order valence-electron chi connectivity index (χ4n) is 2.60. The Morgan fingerprint density at radius 1 is 1.35 bits per heavy atom. The summed E-state index contributed by atoms with van der Waals surface area (Å²) in [5.74, 6) is 1.30. The van der Waals surface area contributed by atoms with Crippen molar-refractivity contribution in [1.29, 1.82) is 0 Å². The number of para-hydroxylation sites is 2. The van der Waals surface area contributed by atoms with Crippen LogP contribution >= 0.6 is 0 Å². The Balaban J connectivity index is 1.71. The van der Waals surface area contributed by atoms with Crippen molar-refractivity contribution in [3.8, 4) is 0 Å². The molecule has 0 unspecified atom stereocenters. The van der Waals surface area contributed by atoms with Gasteiger partial charge in [-0.1, -0.05) is 19.1 Å². The summed E-state index contributed by atoms with van der Waals surface area (Å²) in [5, 5.41) is 2.70. The van der Waals surface area contributed by atoms with E-state index in [1.54, 1.807) is 6.92 Å². The first-order valence-corrected chi connectivity index (χ1v) is 9.74. The Morgan fingerprint density at radius 3 is 2.78 bits per heavy atom. The third-order valence-corrected chi connectivity index (χ3v) is 5.81. The molecule has 1 aromatic heterocycles. The third-order valence-electron chi connectivity index (χ3n) is 4.10. The number of benzene rings is 1. The first kappa shape index (κ1) is 16.0. The van der Waals surface area contributed by atoms with Crippen molar-refractivity contribution in [3.63, 3.8) is 0 Å². The van der Waals surface area contributed by atoms with Crippen molar-refractivity contribution in [2.45, 2.75) is 32.2 Å². The van der Waals surface area contributed by atoms with E-state index >= 15 is 0 Å². The van der Waals surface area contributed by atoms with Crippen LogP contribution in [0.5, 0.6) is 0 Å². The largest absolute Gasteiger partial charge is 0.354 e. The van der Waals surface area contributed by atoms with Crippen LogP contribution in [-0.4, -0.2) is 41.9 Å². The molecule has 1 aromatic carbocycles. The number of fused-ring (bicyclic) bond motifs is 1. The molecule has 0 spiro atoms. The molecule has 0 aliphatic heterocycles. The van der Waals surface area contributed by atoms with E-state index in [1.165, 1.54) is 0 Å². The summed E-state index contributed by atoms with van der Waals surface area (Å²) < 4.78 is 24.9. The number of aromatic nitrogens is 2. The fourth-order valence-corrected chi connectivity index (χ4v) is 3.31. The van der Waals surface area contributed by atoms with Crippen molar-refractivity contribution in [3.05, 3.63) is 30.1 Å². The quantitative estimate of drug-likeness (QED) is 0.831. The Hall–Kier alpha value is -1.89. The second kappa shape index (κ2) is 6.31. The van der Waals surface area contributed by atoms with Gasteiger partial charge in [0.2, 0.25) is 5.91 Å². The van der Waals surface area contributed by atoms with Crippen LogP contribution in [0.2, 0.25) is 0 Å². The molecule has 1 aliphatic rings. The molecule has 1 aliphatic carbocycles. The van der Waals surface area contributed by atoms with Gasteiger partial charge in [-0.15, -0.1) is 0 Å². The van der Waals surface area contributed by atoms with Crippen LogP contribution in [0.25, 0.3) is 11.0 Å². The zero-order valence-electron chi connectivity index (χ0n) is 13.2. The predicted octanol–water partition coefficient (Wildman–Crippen LogP) is 1.46. The first-order chi connectivity index (χ1) is 11.0. The number of imidazole rings is 1. The van der Waals surface area contributed by atoms with Gasteiger partial charge in [-0.2, -0.15) is 0 Å². The minimum absolute atomic E-state index is 0.0185. The molecule has 23 heavy (non-hydrogen) atoms. The van der Waals surface area contributed by atoms with E-state index in [-0.39, 0.29) is 30.5 Å². The Labute approximate surface area is 135 Å². The number of carbonyl (C=O) groups is 1. The number of nitrogens with one attached hydrogen (secondary N) is 1. The van der Waals surface area contributed by atoms with Crippen LogP contribution in [0.4, 0.5) is 0 Å². The van der Waals surface area contributed by atoms with Gasteiger partial charge in [0.1, 0.15) is 12.4 Å². The Kier molecular flexibility index (Phi) is 4.39. The molecule has 1 fully saturated rings. The maximum Gasteiger partial charge on any atom is 0.240 e. The fraction of sp³-hybridized carbons (Fsp3) is 0.500. The predicted molar refractivity (Wildman–Crippen MR) is 89.0 cm³/mol. The molecule has 1 N–H and O–H groups in total. The normalized spacial score (nSPS) is 15.0. The molecular formula is C16H21N3O3S. The van der Waals surface area contributed by atoms with Gasteiger partial charge in [0.25, 0.3) is 0 Å². The lowest BCUT2D eigenvalue weighted by atomic mass is 10.3. The van der Waals surface area contributed by atoms with Crippen molar-refractivity contribution < 1.29 is 13.2 Å². The molecule has 124 valence electrons. The standard InChI is InChI=1S/C16H21N3O3S/c1-2-23(21,22)10-9-17-15(20)11-19-14-6-4-3-5-13(14)18-16(19)12-7-8-12/h3-6,12H,2,7-11H2,1H3,(H,17,20). The molecule has 2 aromatic rings. The summed E-state index contributed by atoms with van der Waals surface area (Å²) in [5.41, 5.74) is 1.85. The van der Waals surface area contributed by atoms with Gasteiger partial charge in [0, 0.05) is 18.2 Å². The highest BCUT2D eigenvalue weighted by Gasteiger charge is 2.30. The third kappa shape index (κ3) is 3.72. The average molecular weight is 335 g/mol. The van der Waals surface area contributed by atoms with Crippen LogP contribution < -0.4 is 5.32 Å². The van der Waals surface area contributed by atoms with E-state index in [2.05, 4.69) is 10.3 Å². The zero-order valence-corrected chi connectivity index (χ0v) is 14.0. The van der Waals surface area contributed by atoms with Crippen LogP contribution in [0.3, 0.4) is 0 Å². The second-order valence-electron chi connectivity index (χ2n) is 5.91. The Morgan fingerprint density at radius 2 is 2.09 bits per heavy atom. The van der Waals surface area contributed by atoms with E-state index < -0.39 is 9.84 Å². The number of hydrogen-bond donors (Lipinski definition) is 1. The molecule has 7 heteroatoms. The highest BCUT2D eigenvalue weighted by Crippen LogP contribution is 2.40. The van der Waals surface area contributed by atoms with Crippen LogP contribution in [0.1, 0.15) is 31.5 Å². The van der Waals surface area contributed by atoms with Gasteiger partial charge in [0.15, 0.2) is 9.84 Å². The topological polar surface area (TPSA) is 81.1 Å².